The molecule has 2 heterocycles. The molecule has 0 aliphatic carbocycles. The van der Waals surface area contributed by atoms with Crippen molar-refractivity contribution in [2.75, 3.05) is 18.6 Å². The predicted molar refractivity (Wildman–Crippen MR) is 141 cm³/mol. The van der Waals surface area contributed by atoms with E-state index in [1.165, 1.54) is 35.4 Å². The molecule has 230 valence electrons. The van der Waals surface area contributed by atoms with Crippen molar-refractivity contribution in [3.63, 3.8) is 0 Å². The number of nitrogens with zero attached hydrogens (tertiary/aromatic N) is 4. The number of likely N-dealkylation sites (tertiary alicyclic amines) is 1. The van der Waals surface area contributed by atoms with Crippen molar-refractivity contribution in [2.45, 2.75) is 77.1 Å². The van der Waals surface area contributed by atoms with Gasteiger partial charge >= 0.3 is 24.4 Å². The summed E-state index contributed by atoms with van der Waals surface area (Å²) in [5, 5.41) is 0. The Hall–Kier alpha value is -3.84. The van der Waals surface area contributed by atoms with E-state index in [2.05, 4.69) is 14.7 Å². The van der Waals surface area contributed by atoms with Crippen molar-refractivity contribution in [2.24, 2.45) is 0 Å². The molecule has 2 atom stereocenters. The van der Waals surface area contributed by atoms with Gasteiger partial charge in [-0.1, -0.05) is 6.92 Å². The molecule has 1 saturated heterocycles. The van der Waals surface area contributed by atoms with Crippen LogP contribution in [0.4, 0.5) is 37.1 Å². The van der Waals surface area contributed by atoms with Gasteiger partial charge in [-0.25, -0.2) is 19.6 Å². The van der Waals surface area contributed by atoms with Crippen LogP contribution in [0.3, 0.4) is 0 Å². The summed E-state index contributed by atoms with van der Waals surface area (Å²) in [6.07, 6.45) is -4.52. The number of esters is 1. The summed E-state index contributed by atoms with van der Waals surface area (Å²) >= 11 is 0. The van der Waals surface area contributed by atoms with Gasteiger partial charge in [-0.05, 0) is 63.5 Å². The molecule has 0 saturated carbocycles. The molecule has 1 aromatic heterocycles. The van der Waals surface area contributed by atoms with Crippen molar-refractivity contribution in [3.8, 4) is 0 Å². The Morgan fingerprint density at radius 1 is 1.02 bits per heavy atom. The van der Waals surface area contributed by atoms with E-state index in [0.29, 0.717) is 30.5 Å². The minimum absolute atomic E-state index is 0.0158. The molecular weight excluding hydrogens is 570 g/mol. The van der Waals surface area contributed by atoms with Gasteiger partial charge < -0.3 is 19.3 Å². The summed E-state index contributed by atoms with van der Waals surface area (Å²) in [7, 11) is 1.20. The fourth-order valence-electron chi connectivity index (χ4n) is 4.52. The number of rotatable bonds is 7. The second kappa shape index (κ2) is 12.6. The van der Waals surface area contributed by atoms with Crippen LogP contribution in [-0.4, -0.2) is 58.3 Å². The number of alkyl halides is 6. The molecule has 1 aromatic carbocycles. The smallest absolute Gasteiger partial charge is 0.416 e. The van der Waals surface area contributed by atoms with Crippen molar-refractivity contribution >= 4 is 24.1 Å². The molecule has 2 aromatic rings. The molecule has 1 fully saturated rings. The third-order valence-electron chi connectivity index (χ3n) is 6.46. The largest absolute Gasteiger partial charge is 0.466 e. The van der Waals surface area contributed by atoms with Gasteiger partial charge in [0.15, 0.2) is 0 Å². The summed E-state index contributed by atoms with van der Waals surface area (Å²) in [5.74, 6) is -0.605. The third kappa shape index (κ3) is 8.58. The van der Waals surface area contributed by atoms with E-state index in [4.69, 9.17) is 4.74 Å². The molecule has 14 heteroatoms. The number of anilines is 1. The van der Waals surface area contributed by atoms with Gasteiger partial charge in [-0.3, -0.25) is 0 Å². The molecule has 42 heavy (non-hydrogen) atoms. The van der Waals surface area contributed by atoms with Crippen LogP contribution in [0.5, 0.6) is 0 Å². The number of ether oxygens (including phenoxy) is 2. The average molecular weight is 603 g/mol. The molecule has 0 radical (unpaired) electrons. The Kier molecular flexibility index (Phi) is 9.78. The minimum Gasteiger partial charge on any atom is -0.466 e. The second-order valence-corrected chi connectivity index (χ2v) is 10.8. The maximum absolute atomic E-state index is 13.6. The van der Waals surface area contributed by atoms with E-state index in [1.807, 2.05) is 6.92 Å². The number of carbonyl (C=O) groups is 2. The van der Waals surface area contributed by atoms with Crippen molar-refractivity contribution in [1.29, 1.82) is 0 Å². The Bertz CT molecular complexity index is 1260. The molecule has 0 bridgehead atoms. The van der Waals surface area contributed by atoms with Crippen LogP contribution in [0.25, 0.3) is 6.08 Å². The first-order valence-electron chi connectivity index (χ1n) is 13.0. The first-order valence-corrected chi connectivity index (χ1v) is 13.0. The Labute approximate surface area is 239 Å². The number of benzene rings is 1. The highest BCUT2D eigenvalue weighted by Crippen LogP contribution is 2.37. The summed E-state index contributed by atoms with van der Waals surface area (Å²) in [4.78, 5) is 35.9. The molecule has 1 aliphatic rings. The van der Waals surface area contributed by atoms with Gasteiger partial charge in [-0.2, -0.15) is 26.3 Å². The van der Waals surface area contributed by atoms with Gasteiger partial charge in [0.1, 0.15) is 5.60 Å². The third-order valence-corrected chi connectivity index (χ3v) is 6.46. The summed E-state index contributed by atoms with van der Waals surface area (Å²) in [6.45, 7) is 6.65. The lowest BCUT2D eigenvalue weighted by molar-refractivity contribution is -0.143. The van der Waals surface area contributed by atoms with Crippen molar-refractivity contribution < 1.29 is 45.4 Å². The van der Waals surface area contributed by atoms with Gasteiger partial charge in [0.2, 0.25) is 5.95 Å². The minimum atomic E-state index is -5.01. The van der Waals surface area contributed by atoms with Crippen LogP contribution >= 0.6 is 0 Å². The Morgan fingerprint density at radius 2 is 1.60 bits per heavy atom. The van der Waals surface area contributed by atoms with Crippen molar-refractivity contribution in [3.05, 3.63) is 58.9 Å². The molecule has 1 amide bonds. The van der Waals surface area contributed by atoms with E-state index in [-0.39, 0.29) is 30.2 Å². The maximum atomic E-state index is 13.6. The standard InChI is InChI=1S/C28H32F6N4O4/c1-6-21-12-22(16-38(21)25(40)42-26(2,3)4)37(24-35-13-17(14-36-24)7-8-23(39)41-5)15-18-9-19(27(29,30)31)11-20(10-18)28(32,33)34/h7-11,13-14,21-22H,6,12,15-16H2,1-5H3/b8-7+. The zero-order chi connectivity index (χ0) is 31.5. The molecule has 1 aliphatic heterocycles. The lowest BCUT2D eigenvalue weighted by Gasteiger charge is -2.30. The molecular formula is C28H32F6N4O4. The van der Waals surface area contributed by atoms with E-state index in [1.54, 1.807) is 20.8 Å². The maximum Gasteiger partial charge on any atom is 0.416 e. The zero-order valence-corrected chi connectivity index (χ0v) is 23.7. The van der Waals surface area contributed by atoms with E-state index in [9.17, 15) is 35.9 Å². The highest BCUT2D eigenvalue weighted by atomic mass is 19.4. The highest BCUT2D eigenvalue weighted by molar-refractivity contribution is 5.86. The number of aromatic nitrogens is 2. The number of hydrogen-bond acceptors (Lipinski definition) is 7. The monoisotopic (exact) mass is 602 g/mol. The summed E-state index contributed by atoms with van der Waals surface area (Å²) in [6, 6.07) is 0.519. The van der Waals surface area contributed by atoms with Crippen LogP contribution < -0.4 is 4.90 Å². The number of hydrogen-bond donors (Lipinski definition) is 0. The van der Waals surface area contributed by atoms with Gasteiger partial charge in [-0.15, -0.1) is 0 Å². The first kappa shape index (κ1) is 32.7. The van der Waals surface area contributed by atoms with Crippen LogP contribution in [0, 0.1) is 0 Å². The molecule has 3 rings (SSSR count). The van der Waals surface area contributed by atoms with Crippen LogP contribution in [0.2, 0.25) is 0 Å². The highest BCUT2D eigenvalue weighted by Gasteiger charge is 2.41. The fraction of sp³-hybridized carbons (Fsp3) is 0.500. The normalized spacial score (nSPS) is 17.9. The Balaban J connectivity index is 2.04. The number of halogens is 6. The van der Waals surface area contributed by atoms with Gasteiger partial charge in [0, 0.05) is 43.2 Å². The van der Waals surface area contributed by atoms with Gasteiger partial charge in [0.25, 0.3) is 0 Å². The SMILES string of the molecule is CCC1CC(N(Cc2cc(C(F)(F)F)cc(C(F)(F)F)c2)c2ncc(/C=C/C(=O)OC)cn2)CN1C(=O)OC(C)(C)C. The van der Waals surface area contributed by atoms with Gasteiger partial charge in [0.05, 0.1) is 24.3 Å². The van der Waals surface area contributed by atoms with E-state index in [0.717, 1.165) is 6.08 Å². The van der Waals surface area contributed by atoms with Crippen LogP contribution in [0.15, 0.2) is 36.7 Å². The quantitative estimate of drug-likeness (QED) is 0.203. The van der Waals surface area contributed by atoms with E-state index < -0.39 is 53.7 Å². The molecule has 8 nitrogen and oxygen atoms in total. The Morgan fingerprint density at radius 3 is 2.07 bits per heavy atom. The number of methoxy groups -OCH3 is 1. The lowest BCUT2D eigenvalue weighted by Crippen LogP contribution is -2.42. The predicted octanol–water partition coefficient (Wildman–Crippen LogP) is 6.50. The van der Waals surface area contributed by atoms with E-state index >= 15 is 0 Å². The van der Waals surface area contributed by atoms with Crippen LogP contribution in [-0.2, 0) is 33.2 Å². The molecule has 0 spiro atoms. The summed E-state index contributed by atoms with van der Waals surface area (Å²) in [5.41, 5.74) is -3.53. The average Bonchev–Trinajstić information content (AvgIpc) is 3.33. The van der Waals surface area contributed by atoms with Crippen LogP contribution in [0.1, 0.15) is 62.8 Å². The topological polar surface area (TPSA) is 84.9 Å². The summed E-state index contributed by atoms with van der Waals surface area (Å²) < 4.78 is 91.5. The molecule has 2 unspecified atom stereocenters. The first-order chi connectivity index (χ1) is 19.4. The zero-order valence-electron chi connectivity index (χ0n) is 23.7. The number of amides is 1. The molecule has 0 N–H and O–H groups in total. The second-order valence-electron chi connectivity index (χ2n) is 10.8. The number of carbonyl (C=O) groups excluding carboxylic acids is 2. The van der Waals surface area contributed by atoms with Crippen molar-refractivity contribution in [1.82, 2.24) is 14.9 Å². The lowest BCUT2D eigenvalue weighted by atomic mass is 10.0. The fourth-order valence-corrected chi connectivity index (χ4v) is 4.52.